The van der Waals surface area contributed by atoms with Crippen molar-refractivity contribution < 1.29 is 9.21 Å². The maximum Gasteiger partial charge on any atom is 0.290 e. The van der Waals surface area contributed by atoms with E-state index in [1.807, 2.05) is 29.2 Å². The lowest BCUT2D eigenvalue weighted by Crippen LogP contribution is -2.47. The van der Waals surface area contributed by atoms with Gasteiger partial charge in [0.25, 0.3) is 5.91 Å². The molecule has 2 heterocycles. The maximum absolute atomic E-state index is 12.8. The number of furan rings is 1. The third-order valence-electron chi connectivity index (χ3n) is 4.53. The zero-order chi connectivity index (χ0) is 16.6. The molecule has 3 rings (SSSR count). The van der Waals surface area contributed by atoms with Gasteiger partial charge in [0.15, 0.2) is 5.76 Å². The molecule has 4 nitrogen and oxygen atoms in total. The lowest BCUT2D eigenvalue weighted by Gasteiger charge is -2.38. The first kappa shape index (κ1) is 16.1. The Balaban J connectivity index is 1.86. The fraction of sp³-hybridized carbons (Fsp3) is 0.389. The number of piperidine rings is 1. The van der Waals surface area contributed by atoms with E-state index in [1.54, 1.807) is 6.07 Å². The molecular weight excluding hydrogens is 356 g/mol. The minimum absolute atomic E-state index is 0.0268. The predicted octanol–water partition coefficient (Wildman–Crippen LogP) is 4.69. The molecule has 5 heteroatoms. The van der Waals surface area contributed by atoms with Crippen molar-refractivity contribution in [2.45, 2.75) is 45.2 Å². The second kappa shape index (κ2) is 6.40. The molecule has 2 N–H and O–H groups in total. The molecule has 1 amide bonds. The van der Waals surface area contributed by atoms with Crippen molar-refractivity contribution in [1.82, 2.24) is 4.90 Å². The van der Waals surface area contributed by atoms with Crippen LogP contribution in [0.5, 0.6) is 0 Å². The number of carbonyl (C=O) groups is 1. The van der Waals surface area contributed by atoms with Crippen molar-refractivity contribution in [1.29, 1.82) is 0 Å². The van der Waals surface area contributed by atoms with Crippen LogP contribution in [0.15, 0.2) is 39.2 Å². The van der Waals surface area contributed by atoms with E-state index in [4.69, 9.17) is 10.2 Å². The molecule has 1 fully saturated rings. The summed E-state index contributed by atoms with van der Waals surface area (Å²) >= 11 is 3.38. The van der Waals surface area contributed by atoms with Gasteiger partial charge in [-0.15, -0.1) is 0 Å². The standard InChI is InChI=1S/C18H21BrN2O2/c1-11-4-3-5-12(2)21(11)18(22)17-9-8-16(23-17)13-6-7-14(19)15(20)10-13/h6-12H,3-5,20H2,1-2H3/t11-,12+. The Labute approximate surface area is 144 Å². The lowest BCUT2D eigenvalue weighted by atomic mass is 9.97. The molecule has 0 radical (unpaired) electrons. The number of amides is 1. The SMILES string of the molecule is C[C@@H]1CCC[C@H](C)N1C(=O)c1ccc(-c2ccc(Br)c(N)c2)o1. The molecule has 23 heavy (non-hydrogen) atoms. The van der Waals surface area contributed by atoms with Crippen LogP contribution in [-0.4, -0.2) is 22.9 Å². The van der Waals surface area contributed by atoms with Crippen LogP contribution in [0.4, 0.5) is 5.69 Å². The molecule has 1 aliphatic rings. The normalized spacial score (nSPS) is 21.4. The Morgan fingerprint density at radius 3 is 2.57 bits per heavy atom. The van der Waals surface area contributed by atoms with Gasteiger partial charge in [0.05, 0.1) is 0 Å². The summed E-state index contributed by atoms with van der Waals surface area (Å²) in [5.41, 5.74) is 7.42. The van der Waals surface area contributed by atoms with Crippen molar-refractivity contribution in [3.05, 3.63) is 40.6 Å². The van der Waals surface area contributed by atoms with Crippen molar-refractivity contribution in [2.75, 3.05) is 5.73 Å². The van der Waals surface area contributed by atoms with Crippen LogP contribution in [0.2, 0.25) is 0 Å². The first-order valence-electron chi connectivity index (χ1n) is 7.95. The van der Waals surface area contributed by atoms with E-state index in [0.29, 0.717) is 17.2 Å². The van der Waals surface area contributed by atoms with E-state index in [0.717, 1.165) is 22.9 Å². The molecule has 1 saturated heterocycles. The number of nitrogens with two attached hydrogens (primary N) is 1. The zero-order valence-corrected chi connectivity index (χ0v) is 15.0. The molecule has 122 valence electrons. The number of halogens is 1. The predicted molar refractivity (Wildman–Crippen MR) is 95.2 cm³/mol. The third-order valence-corrected chi connectivity index (χ3v) is 5.25. The van der Waals surface area contributed by atoms with Gasteiger partial charge in [-0.25, -0.2) is 0 Å². The second-order valence-electron chi connectivity index (χ2n) is 6.24. The quantitative estimate of drug-likeness (QED) is 0.772. The van der Waals surface area contributed by atoms with Crippen molar-refractivity contribution in [3.8, 4) is 11.3 Å². The minimum atomic E-state index is -0.0268. The van der Waals surface area contributed by atoms with E-state index in [-0.39, 0.29) is 18.0 Å². The number of hydrogen-bond donors (Lipinski definition) is 1. The monoisotopic (exact) mass is 376 g/mol. The Kier molecular flexibility index (Phi) is 4.48. The van der Waals surface area contributed by atoms with Crippen LogP contribution in [0, 0.1) is 0 Å². The summed E-state index contributed by atoms with van der Waals surface area (Å²) in [6, 6.07) is 9.72. The first-order chi connectivity index (χ1) is 11.0. The number of anilines is 1. The highest BCUT2D eigenvalue weighted by molar-refractivity contribution is 9.10. The Hall–Kier alpha value is -1.75. The minimum Gasteiger partial charge on any atom is -0.451 e. The van der Waals surface area contributed by atoms with Gasteiger partial charge in [0, 0.05) is 27.8 Å². The molecule has 0 bridgehead atoms. The molecule has 2 atom stereocenters. The molecule has 1 aliphatic heterocycles. The van der Waals surface area contributed by atoms with Gasteiger partial charge in [-0.1, -0.05) is 0 Å². The maximum atomic E-state index is 12.8. The van der Waals surface area contributed by atoms with E-state index in [2.05, 4.69) is 29.8 Å². The fourth-order valence-electron chi connectivity index (χ4n) is 3.25. The van der Waals surface area contributed by atoms with Gasteiger partial charge in [0.1, 0.15) is 5.76 Å². The van der Waals surface area contributed by atoms with Crippen LogP contribution in [0.1, 0.15) is 43.7 Å². The number of hydrogen-bond acceptors (Lipinski definition) is 3. The lowest BCUT2D eigenvalue weighted by molar-refractivity contribution is 0.0479. The summed E-state index contributed by atoms with van der Waals surface area (Å²) in [6.45, 7) is 4.21. The summed E-state index contributed by atoms with van der Waals surface area (Å²) in [7, 11) is 0. The summed E-state index contributed by atoms with van der Waals surface area (Å²) < 4.78 is 6.66. The number of nitrogen functional groups attached to an aromatic ring is 1. The van der Waals surface area contributed by atoms with Gasteiger partial charge in [-0.05, 0) is 79.4 Å². The number of nitrogens with zero attached hydrogens (tertiary/aromatic N) is 1. The van der Waals surface area contributed by atoms with E-state index in [1.165, 1.54) is 6.42 Å². The summed E-state index contributed by atoms with van der Waals surface area (Å²) in [5.74, 6) is 1.02. The average Bonchev–Trinajstić information content (AvgIpc) is 2.99. The highest BCUT2D eigenvalue weighted by Crippen LogP contribution is 2.30. The molecule has 0 spiro atoms. The first-order valence-corrected chi connectivity index (χ1v) is 8.74. The topological polar surface area (TPSA) is 59.5 Å². The zero-order valence-electron chi connectivity index (χ0n) is 13.4. The smallest absolute Gasteiger partial charge is 0.290 e. The number of benzene rings is 1. The summed E-state index contributed by atoms with van der Waals surface area (Å²) in [5, 5.41) is 0. The second-order valence-corrected chi connectivity index (χ2v) is 7.10. The summed E-state index contributed by atoms with van der Waals surface area (Å²) in [6.07, 6.45) is 3.27. The Bertz CT molecular complexity index is 716. The molecular formula is C18H21BrN2O2. The molecule has 2 aromatic rings. The number of rotatable bonds is 2. The van der Waals surface area contributed by atoms with Gasteiger partial charge in [0.2, 0.25) is 0 Å². The van der Waals surface area contributed by atoms with E-state index < -0.39 is 0 Å². The molecule has 0 aliphatic carbocycles. The highest BCUT2D eigenvalue weighted by atomic mass is 79.9. The molecule has 1 aromatic heterocycles. The van der Waals surface area contributed by atoms with Gasteiger partial charge >= 0.3 is 0 Å². The van der Waals surface area contributed by atoms with Crippen LogP contribution in [-0.2, 0) is 0 Å². The van der Waals surface area contributed by atoms with Crippen molar-refractivity contribution in [2.24, 2.45) is 0 Å². The largest absolute Gasteiger partial charge is 0.451 e. The summed E-state index contributed by atoms with van der Waals surface area (Å²) in [4.78, 5) is 14.7. The van der Waals surface area contributed by atoms with Gasteiger partial charge in [-0.3, -0.25) is 4.79 Å². The van der Waals surface area contributed by atoms with Crippen LogP contribution in [0.3, 0.4) is 0 Å². The third kappa shape index (κ3) is 3.15. The van der Waals surface area contributed by atoms with Crippen molar-refractivity contribution in [3.63, 3.8) is 0 Å². The van der Waals surface area contributed by atoms with Crippen molar-refractivity contribution >= 4 is 27.5 Å². The van der Waals surface area contributed by atoms with Gasteiger partial charge < -0.3 is 15.1 Å². The molecule has 0 saturated carbocycles. The molecule has 1 aromatic carbocycles. The average molecular weight is 377 g/mol. The van der Waals surface area contributed by atoms with Crippen LogP contribution in [0.25, 0.3) is 11.3 Å². The van der Waals surface area contributed by atoms with E-state index in [9.17, 15) is 4.79 Å². The van der Waals surface area contributed by atoms with Crippen LogP contribution < -0.4 is 5.73 Å². The Morgan fingerprint density at radius 1 is 1.22 bits per heavy atom. The number of likely N-dealkylation sites (tertiary alicyclic amines) is 1. The molecule has 0 unspecified atom stereocenters. The number of carbonyl (C=O) groups excluding carboxylic acids is 1. The van der Waals surface area contributed by atoms with Gasteiger partial charge in [-0.2, -0.15) is 0 Å². The van der Waals surface area contributed by atoms with Crippen LogP contribution >= 0.6 is 15.9 Å². The van der Waals surface area contributed by atoms with E-state index >= 15 is 0 Å². The Morgan fingerprint density at radius 2 is 1.91 bits per heavy atom. The highest BCUT2D eigenvalue weighted by Gasteiger charge is 2.31. The fourth-order valence-corrected chi connectivity index (χ4v) is 3.50.